The van der Waals surface area contributed by atoms with Crippen molar-refractivity contribution in [3.63, 3.8) is 0 Å². The average Bonchev–Trinajstić information content (AvgIpc) is 2.49. The Morgan fingerprint density at radius 3 is 1.54 bits per heavy atom. The first-order valence-corrected chi connectivity index (χ1v) is 9.08. The van der Waals surface area contributed by atoms with E-state index in [-0.39, 0.29) is 43.9 Å². The van der Waals surface area contributed by atoms with Crippen LogP contribution >= 0.6 is 0 Å². The Labute approximate surface area is 160 Å². The summed E-state index contributed by atoms with van der Waals surface area (Å²) in [6, 6.07) is 20.9. The van der Waals surface area contributed by atoms with Crippen molar-refractivity contribution >= 4 is 36.1 Å². The molecule has 0 saturated carbocycles. The SMILES string of the molecule is [Al+3].[C-]#CCO[Si](c1ccccc1)(c1ccccc1)C(C)(C)C.[CH3-].[CH3-]. The van der Waals surface area contributed by atoms with Crippen LogP contribution in [0.3, 0.4) is 0 Å². The number of benzene rings is 2. The van der Waals surface area contributed by atoms with Gasteiger partial charge in [0.1, 0.15) is 0 Å². The molecule has 0 unspecified atom stereocenters. The van der Waals surface area contributed by atoms with Gasteiger partial charge in [0.05, 0.1) is 6.61 Å². The zero-order valence-electron chi connectivity index (χ0n) is 15.5. The normalized spacial score (nSPS) is 10.4. The zero-order chi connectivity index (χ0) is 15.3. The van der Waals surface area contributed by atoms with Crippen LogP contribution in [0.4, 0.5) is 0 Å². The molecule has 0 aromatic heterocycles. The summed E-state index contributed by atoms with van der Waals surface area (Å²) in [6.07, 6.45) is 7.26. The largest absolute Gasteiger partial charge is 3.00 e. The third kappa shape index (κ3) is 4.85. The van der Waals surface area contributed by atoms with Gasteiger partial charge >= 0.3 is 17.4 Å². The quantitative estimate of drug-likeness (QED) is 0.464. The number of hydrogen-bond donors (Lipinski definition) is 0. The van der Waals surface area contributed by atoms with Crippen LogP contribution in [0.2, 0.25) is 5.04 Å². The summed E-state index contributed by atoms with van der Waals surface area (Å²) >= 11 is 0. The van der Waals surface area contributed by atoms with Crippen LogP contribution in [0.5, 0.6) is 0 Å². The van der Waals surface area contributed by atoms with Crippen molar-refractivity contribution in [3.8, 4) is 5.92 Å². The second-order valence-electron chi connectivity index (χ2n) is 6.13. The van der Waals surface area contributed by atoms with Crippen LogP contribution in [0.25, 0.3) is 0 Å². The van der Waals surface area contributed by atoms with Crippen LogP contribution in [0, 0.1) is 27.2 Å². The van der Waals surface area contributed by atoms with Gasteiger partial charge < -0.3 is 31.6 Å². The summed E-state index contributed by atoms with van der Waals surface area (Å²) < 4.78 is 6.36. The summed E-state index contributed by atoms with van der Waals surface area (Å²) in [6.45, 7) is 6.91. The summed E-state index contributed by atoms with van der Waals surface area (Å²) in [5.41, 5.74) is 0. The predicted octanol–water partition coefficient (Wildman–Crippen LogP) is 3.67. The predicted molar refractivity (Wildman–Crippen MR) is 109 cm³/mol. The Bertz CT molecular complexity index is 572. The van der Waals surface area contributed by atoms with Crippen molar-refractivity contribution in [2.75, 3.05) is 6.61 Å². The Balaban J connectivity index is 0. The summed E-state index contributed by atoms with van der Waals surface area (Å²) in [5.74, 6) is 2.40. The Hall–Kier alpha value is -1.29. The second-order valence-corrected chi connectivity index (χ2v) is 10.4. The topological polar surface area (TPSA) is 9.23 Å². The van der Waals surface area contributed by atoms with Gasteiger partial charge in [0.2, 0.25) is 0 Å². The molecule has 2 aromatic carbocycles. The van der Waals surface area contributed by atoms with Crippen LogP contribution in [-0.2, 0) is 4.43 Å². The zero-order valence-corrected chi connectivity index (χ0v) is 17.6. The fraction of sp³-hybridized carbons (Fsp3) is 0.238. The minimum Gasteiger partial charge on any atom is -0.691 e. The fourth-order valence-corrected chi connectivity index (χ4v) is 7.35. The maximum atomic E-state index is 7.26. The third-order valence-electron chi connectivity index (χ3n) is 3.78. The molecule has 24 heavy (non-hydrogen) atoms. The molecule has 2 rings (SSSR count). The van der Waals surface area contributed by atoms with E-state index in [4.69, 9.17) is 10.8 Å². The molecule has 0 bridgehead atoms. The van der Waals surface area contributed by atoms with E-state index >= 15 is 0 Å². The molecule has 0 radical (unpaired) electrons. The van der Waals surface area contributed by atoms with Gasteiger partial charge in [-0.1, -0.05) is 81.4 Å². The molecule has 0 fully saturated rings. The minimum absolute atomic E-state index is 0. The van der Waals surface area contributed by atoms with Crippen molar-refractivity contribution in [3.05, 3.63) is 81.9 Å². The monoisotopic (exact) mass is 350 g/mol. The van der Waals surface area contributed by atoms with Crippen molar-refractivity contribution in [2.24, 2.45) is 0 Å². The van der Waals surface area contributed by atoms with Gasteiger partial charge in [-0.15, -0.1) is 0 Å². The van der Waals surface area contributed by atoms with Gasteiger partial charge in [-0.2, -0.15) is 0 Å². The van der Waals surface area contributed by atoms with E-state index in [0.29, 0.717) is 0 Å². The Kier molecular flexibility index (Phi) is 11.0. The first-order chi connectivity index (χ1) is 10.0. The molecule has 3 heteroatoms. The molecule has 124 valence electrons. The minimum atomic E-state index is -2.45. The van der Waals surface area contributed by atoms with Gasteiger partial charge in [0.15, 0.2) is 0 Å². The van der Waals surface area contributed by atoms with E-state index in [1.165, 1.54) is 10.4 Å². The van der Waals surface area contributed by atoms with Crippen LogP contribution in [-0.4, -0.2) is 32.3 Å². The smallest absolute Gasteiger partial charge is 0.691 e. The first-order valence-electron chi connectivity index (χ1n) is 7.17. The van der Waals surface area contributed by atoms with Crippen LogP contribution < -0.4 is 10.4 Å². The van der Waals surface area contributed by atoms with E-state index in [2.05, 4.69) is 75.2 Å². The van der Waals surface area contributed by atoms with Crippen molar-refractivity contribution in [2.45, 2.75) is 25.8 Å². The molecule has 0 spiro atoms. The van der Waals surface area contributed by atoms with Crippen molar-refractivity contribution < 1.29 is 4.43 Å². The summed E-state index contributed by atoms with van der Waals surface area (Å²) in [4.78, 5) is 0. The molecule has 0 saturated heterocycles. The summed E-state index contributed by atoms with van der Waals surface area (Å²) in [5, 5.41) is 2.44. The molecule has 1 nitrogen and oxygen atoms in total. The molecule has 2 aromatic rings. The van der Waals surface area contributed by atoms with E-state index < -0.39 is 8.32 Å². The molecule has 0 heterocycles. The number of rotatable bonds is 4. The van der Waals surface area contributed by atoms with Gasteiger partial charge in [-0.05, 0) is 15.4 Å². The standard InChI is InChI=1S/C19H21OSi.2CH3.Al/c1-5-16-20-21(19(2,3)4,17-12-8-6-9-13-17)18-14-10-7-11-15-18;;;/h6-15H,16H2,2-4H3;2*1H3;/q3*-1;+3. The Morgan fingerprint density at radius 2 is 1.25 bits per heavy atom. The molecule has 0 amide bonds. The van der Waals surface area contributed by atoms with E-state index in [9.17, 15) is 0 Å². The van der Waals surface area contributed by atoms with Crippen molar-refractivity contribution in [1.82, 2.24) is 0 Å². The van der Waals surface area contributed by atoms with Crippen molar-refractivity contribution in [1.29, 1.82) is 0 Å². The average molecular weight is 351 g/mol. The van der Waals surface area contributed by atoms with Crippen LogP contribution in [0.15, 0.2) is 60.7 Å². The number of hydrogen-bond acceptors (Lipinski definition) is 1. The molecule has 0 aliphatic carbocycles. The summed E-state index contributed by atoms with van der Waals surface area (Å²) in [7, 11) is -2.45. The molecule has 0 atom stereocenters. The van der Waals surface area contributed by atoms with Crippen LogP contribution in [0.1, 0.15) is 20.8 Å². The third-order valence-corrected chi connectivity index (χ3v) is 8.76. The fourth-order valence-electron chi connectivity index (χ4n) is 2.91. The maximum absolute atomic E-state index is 7.26. The molecule has 0 aliphatic heterocycles. The molecule has 0 N–H and O–H groups in total. The maximum Gasteiger partial charge on any atom is 3.00 e. The molecule has 0 aliphatic rings. The first kappa shape index (κ1) is 25.0. The van der Waals surface area contributed by atoms with Gasteiger partial charge in [-0.3, -0.25) is 0 Å². The Morgan fingerprint density at radius 1 is 0.875 bits per heavy atom. The molecular formula is C21H27AlOSi. The van der Waals surface area contributed by atoms with Gasteiger partial charge in [0, 0.05) is 0 Å². The molecular weight excluding hydrogens is 323 g/mol. The van der Waals surface area contributed by atoms with E-state index in [0.717, 1.165) is 0 Å². The van der Waals surface area contributed by atoms with E-state index in [1.54, 1.807) is 0 Å². The van der Waals surface area contributed by atoms with Gasteiger partial charge in [-0.25, -0.2) is 0 Å². The van der Waals surface area contributed by atoms with Gasteiger partial charge in [0.25, 0.3) is 8.32 Å². The van der Waals surface area contributed by atoms with E-state index in [1.807, 2.05) is 12.1 Å². The second kappa shape index (κ2) is 10.5.